The maximum Gasteiger partial charge on any atom is 0.264 e. The Hall–Kier alpha value is -1.59. The van der Waals surface area contributed by atoms with Crippen LogP contribution in [0.5, 0.6) is 0 Å². The molecular weight excluding hydrogens is 362 g/mol. The van der Waals surface area contributed by atoms with Crippen molar-refractivity contribution in [2.75, 3.05) is 0 Å². The predicted octanol–water partition coefficient (Wildman–Crippen LogP) is 5.94. The van der Waals surface area contributed by atoms with Crippen LogP contribution >= 0.6 is 27.7 Å². The zero-order chi connectivity index (χ0) is 16.1. The highest BCUT2D eigenvalue weighted by Crippen LogP contribution is 2.46. The standard InChI is InChI=1S/C15H10BrNO2S.C2H6/c16-12-7-5-10(6-8-12)15-13(17(18)19)9-11-3-1-2-4-14(11)20-15;1-2/h1-9,15H;1-2H3. The molecule has 1 aliphatic rings. The summed E-state index contributed by atoms with van der Waals surface area (Å²) in [6, 6.07) is 15.4. The lowest BCUT2D eigenvalue weighted by atomic mass is 10.1. The van der Waals surface area contributed by atoms with E-state index in [1.54, 1.807) is 6.08 Å². The van der Waals surface area contributed by atoms with E-state index in [0.29, 0.717) is 0 Å². The van der Waals surface area contributed by atoms with E-state index in [9.17, 15) is 10.1 Å². The van der Waals surface area contributed by atoms with Gasteiger partial charge in [0.25, 0.3) is 5.70 Å². The molecule has 5 heteroatoms. The molecule has 0 aromatic heterocycles. The van der Waals surface area contributed by atoms with E-state index in [4.69, 9.17) is 0 Å². The van der Waals surface area contributed by atoms with E-state index in [1.165, 1.54) is 11.8 Å². The Morgan fingerprint density at radius 3 is 2.36 bits per heavy atom. The summed E-state index contributed by atoms with van der Waals surface area (Å²) in [5, 5.41) is 11.1. The third-order valence-corrected chi connectivity index (χ3v) is 5.02. The molecule has 114 valence electrons. The Kier molecular flexibility index (Phi) is 5.80. The lowest BCUT2D eigenvalue weighted by Gasteiger charge is -2.20. The minimum atomic E-state index is -0.282. The van der Waals surface area contributed by atoms with Gasteiger partial charge in [-0.25, -0.2) is 0 Å². The zero-order valence-corrected chi connectivity index (χ0v) is 14.7. The first-order chi connectivity index (χ1) is 10.6. The van der Waals surface area contributed by atoms with E-state index in [1.807, 2.05) is 62.4 Å². The first-order valence-electron chi connectivity index (χ1n) is 7.02. The molecule has 1 atom stereocenters. The number of thioether (sulfide) groups is 1. The summed E-state index contributed by atoms with van der Waals surface area (Å²) in [5.74, 6) is 0. The third-order valence-electron chi connectivity index (χ3n) is 3.12. The molecule has 0 fully saturated rings. The normalized spacial score (nSPS) is 16.0. The van der Waals surface area contributed by atoms with Crippen LogP contribution in [0.15, 0.2) is 63.6 Å². The zero-order valence-electron chi connectivity index (χ0n) is 12.3. The molecule has 0 spiro atoms. The number of fused-ring (bicyclic) bond motifs is 1. The van der Waals surface area contributed by atoms with Gasteiger partial charge in [0, 0.05) is 15.4 Å². The molecule has 0 saturated carbocycles. The van der Waals surface area contributed by atoms with Gasteiger partial charge in [-0.15, -0.1) is 11.8 Å². The minimum Gasteiger partial charge on any atom is -0.259 e. The molecule has 0 saturated heterocycles. The van der Waals surface area contributed by atoms with Crippen molar-refractivity contribution < 1.29 is 4.92 Å². The molecule has 2 aromatic rings. The Morgan fingerprint density at radius 1 is 1.09 bits per heavy atom. The van der Waals surface area contributed by atoms with Crippen LogP contribution in [0.2, 0.25) is 0 Å². The maximum atomic E-state index is 11.3. The highest BCUT2D eigenvalue weighted by Gasteiger charge is 2.31. The van der Waals surface area contributed by atoms with Crippen molar-refractivity contribution in [2.24, 2.45) is 0 Å². The largest absolute Gasteiger partial charge is 0.264 e. The van der Waals surface area contributed by atoms with Gasteiger partial charge < -0.3 is 0 Å². The van der Waals surface area contributed by atoms with Gasteiger partial charge in [0.05, 0.1) is 4.92 Å². The molecule has 3 rings (SSSR count). The van der Waals surface area contributed by atoms with Crippen molar-refractivity contribution in [3.8, 4) is 0 Å². The van der Waals surface area contributed by atoms with Crippen LogP contribution in [0.4, 0.5) is 0 Å². The van der Waals surface area contributed by atoms with E-state index in [0.717, 1.165) is 20.5 Å². The van der Waals surface area contributed by atoms with Gasteiger partial charge >= 0.3 is 0 Å². The number of benzene rings is 2. The van der Waals surface area contributed by atoms with Crippen LogP contribution in [0.1, 0.15) is 30.2 Å². The topological polar surface area (TPSA) is 43.1 Å². The van der Waals surface area contributed by atoms with Gasteiger partial charge in [-0.2, -0.15) is 0 Å². The monoisotopic (exact) mass is 377 g/mol. The molecule has 0 N–H and O–H groups in total. The van der Waals surface area contributed by atoms with Gasteiger partial charge in [0.15, 0.2) is 0 Å². The van der Waals surface area contributed by atoms with Crippen molar-refractivity contribution in [3.05, 3.63) is 79.9 Å². The second-order valence-electron chi connectivity index (χ2n) is 4.41. The maximum absolute atomic E-state index is 11.3. The molecule has 2 aromatic carbocycles. The SMILES string of the molecule is CC.O=[N+]([O-])C1=Cc2ccccc2SC1c1ccc(Br)cc1. The van der Waals surface area contributed by atoms with Crippen LogP contribution in [-0.2, 0) is 0 Å². The molecular formula is C17H16BrNO2S. The van der Waals surface area contributed by atoms with Crippen molar-refractivity contribution in [1.29, 1.82) is 0 Å². The van der Waals surface area contributed by atoms with Gasteiger partial charge in [-0.1, -0.05) is 60.1 Å². The van der Waals surface area contributed by atoms with E-state index in [-0.39, 0.29) is 15.9 Å². The van der Waals surface area contributed by atoms with E-state index < -0.39 is 0 Å². The number of nitrogens with zero attached hydrogens (tertiary/aromatic N) is 1. The van der Waals surface area contributed by atoms with Crippen LogP contribution < -0.4 is 0 Å². The summed E-state index contributed by atoms with van der Waals surface area (Å²) in [4.78, 5) is 12.1. The summed E-state index contributed by atoms with van der Waals surface area (Å²) in [6.45, 7) is 4.00. The lowest BCUT2D eigenvalue weighted by molar-refractivity contribution is -0.425. The predicted molar refractivity (Wildman–Crippen MR) is 95.5 cm³/mol. The highest BCUT2D eigenvalue weighted by molar-refractivity contribution is 9.10. The van der Waals surface area contributed by atoms with E-state index >= 15 is 0 Å². The molecule has 1 heterocycles. The molecule has 0 aliphatic carbocycles. The molecule has 0 bridgehead atoms. The second-order valence-corrected chi connectivity index (χ2v) is 6.48. The second kappa shape index (κ2) is 7.61. The Labute approximate surface area is 142 Å². The number of halogens is 1. The lowest BCUT2D eigenvalue weighted by Crippen LogP contribution is -2.11. The number of nitro groups is 1. The molecule has 1 aliphatic heterocycles. The van der Waals surface area contributed by atoms with Crippen molar-refractivity contribution in [2.45, 2.75) is 24.0 Å². The summed E-state index contributed by atoms with van der Waals surface area (Å²) in [5.41, 5.74) is 2.09. The fourth-order valence-electron chi connectivity index (χ4n) is 2.15. The number of hydrogen-bond acceptors (Lipinski definition) is 3. The van der Waals surface area contributed by atoms with Gasteiger partial charge in [-0.05, 0) is 29.3 Å². The highest BCUT2D eigenvalue weighted by atomic mass is 79.9. The number of rotatable bonds is 2. The molecule has 0 radical (unpaired) electrons. The minimum absolute atomic E-state index is 0.232. The van der Waals surface area contributed by atoms with Crippen LogP contribution in [0.25, 0.3) is 6.08 Å². The molecule has 22 heavy (non-hydrogen) atoms. The fourth-order valence-corrected chi connectivity index (χ4v) is 3.66. The molecule has 0 amide bonds. The van der Waals surface area contributed by atoms with Gasteiger partial charge in [0.1, 0.15) is 5.25 Å². The Bertz CT molecular complexity index is 698. The quantitative estimate of drug-likeness (QED) is 0.480. The average Bonchev–Trinajstić information content (AvgIpc) is 2.56. The Morgan fingerprint density at radius 2 is 1.73 bits per heavy atom. The summed E-state index contributed by atoms with van der Waals surface area (Å²) >= 11 is 4.91. The van der Waals surface area contributed by atoms with Crippen molar-refractivity contribution in [3.63, 3.8) is 0 Å². The van der Waals surface area contributed by atoms with E-state index in [2.05, 4.69) is 15.9 Å². The smallest absolute Gasteiger partial charge is 0.259 e. The van der Waals surface area contributed by atoms with Gasteiger partial charge in [-0.3, -0.25) is 10.1 Å². The Balaban J connectivity index is 0.000000847. The first kappa shape index (κ1) is 16.8. The summed E-state index contributed by atoms with van der Waals surface area (Å²) in [7, 11) is 0. The third kappa shape index (κ3) is 3.59. The fraction of sp³-hybridized carbons (Fsp3) is 0.176. The van der Waals surface area contributed by atoms with Crippen LogP contribution in [0.3, 0.4) is 0 Å². The van der Waals surface area contributed by atoms with Crippen LogP contribution in [-0.4, -0.2) is 4.92 Å². The average molecular weight is 378 g/mol. The molecule has 1 unspecified atom stereocenters. The first-order valence-corrected chi connectivity index (χ1v) is 8.69. The summed E-state index contributed by atoms with van der Waals surface area (Å²) < 4.78 is 0.967. The number of hydrogen-bond donors (Lipinski definition) is 0. The van der Waals surface area contributed by atoms with Crippen molar-refractivity contribution in [1.82, 2.24) is 0 Å². The van der Waals surface area contributed by atoms with Gasteiger partial charge in [0.2, 0.25) is 0 Å². The summed E-state index contributed by atoms with van der Waals surface area (Å²) in [6.07, 6.45) is 1.68. The van der Waals surface area contributed by atoms with Crippen LogP contribution in [0, 0.1) is 10.1 Å². The van der Waals surface area contributed by atoms with Crippen molar-refractivity contribution >= 4 is 33.8 Å². The molecule has 3 nitrogen and oxygen atoms in total.